The van der Waals surface area contributed by atoms with Crippen LogP contribution in [0, 0.1) is 0 Å². The summed E-state index contributed by atoms with van der Waals surface area (Å²) in [4.78, 5) is 10.6. The smallest absolute Gasteiger partial charge is 0.330 e. The van der Waals surface area contributed by atoms with Crippen molar-refractivity contribution in [3.05, 3.63) is 12.2 Å². The van der Waals surface area contributed by atoms with Gasteiger partial charge in [-0.3, -0.25) is 0 Å². The molecule has 2 N–H and O–H groups in total. The van der Waals surface area contributed by atoms with Crippen molar-refractivity contribution in [2.45, 2.75) is 13.3 Å². The van der Waals surface area contributed by atoms with E-state index in [0.29, 0.717) is 13.2 Å². The zero-order valence-corrected chi connectivity index (χ0v) is 6.17. The minimum absolute atomic E-state index is 0.313. The van der Waals surface area contributed by atoms with E-state index in [2.05, 4.69) is 0 Å². The molecule has 0 aromatic carbocycles. The molecule has 0 aromatic rings. The van der Waals surface area contributed by atoms with Gasteiger partial charge in [0.1, 0.15) is 0 Å². The van der Waals surface area contributed by atoms with E-state index in [9.17, 15) is 4.79 Å². The largest absolute Gasteiger partial charge is 0.463 e. The first kappa shape index (κ1) is 9.17. The Morgan fingerprint density at radius 2 is 2.40 bits per heavy atom. The Balaban J connectivity index is 3.34. The van der Waals surface area contributed by atoms with Crippen molar-refractivity contribution in [1.29, 1.82) is 0 Å². The molecule has 0 aliphatic carbocycles. The average molecular weight is 143 g/mol. The van der Waals surface area contributed by atoms with E-state index >= 15 is 0 Å². The quantitative estimate of drug-likeness (QED) is 0.459. The number of ether oxygens (including phenoxy) is 1. The minimum atomic E-state index is -0.313. The summed E-state index contributed by atoms with van der Waals surface area (Å²) in [6.45, 7) is 2.80. The number of nitrogens with two attached hydrogens (primary N) is 1. The molecule has 0 rings (SSSR count). The highest BCUT2D eigenvalue weighted by Gasteiger charge is 1.91. The Morgan fingerprint density at radius 1 is 1.70 bits per heavy atom. The van der Waals surface area contributed by atoms with E-state index < -0.39 is 0 Å². The summed E-state index contributed by atoms with van der Waals surface area (Å²) in [5.41, 5.74) is 5.11. The summed E-state index contributed by atoms with van der Waals surface area (Å²) in [5.74, 6) is -0.313. The lowest BCUT2D eigenvalue weighted by Gasteiger charge is -1.95. The van der Waals surface area contributed by atoms with Gasteiger partial charge >= 0.3 is 5.97 Å². The molecule has 0 saturated carbocycles. The Labute approximate surface area is 60.9 Å². The van der Waals surface area contributed by atoms with E-state index in [1.165, 1.54) is 6.08 Å². The highest BCUT2D eigenvalue weighted by atomic mass is 16.5. The number of carbonyl (C=O) groups is 1. The number of hydrogen-bond acceptors (Lipinski definition) is 3. The molecule has 0 fully saturated rings. The molecule has 10 heavy (non-hydrogen) atoms. The predicted octanol–water partition coefficient (Wildman–Crippen LogP) is 0.455. The van der Waals surface area contributed by atoms with Crippen LogP contribution in [-0.4, -0.2) is 19.1 Å². The molecule has 0 amide bonds. The molecule has 0 unspecified atom stereocenters. The lowest BCUT2D eigenvalue weighted by molar-refractivity contribution is -0.137. The molecular formula is C7H13NO2. The highest BCUT2D eigenvalue weighted by molar-refractivity contribution is 5.81. The number of rotatable bonds is 4. The standard InChI is InChI=1S/C7H13NO2/c1-2-6-10-7(9)4-3-5-8/h3-4H,2,5-6,8H2,1H3. The Bertz CT molecular complexity index is 121. The molecule has 0 aliphatic rings. The third-order valence-corrected chi connectivity index (χ3v) is 0.838. The first-order valence-corrected chi connectivity index (χ1v) is 3.34. The van der Waals surface area contributed by atoms with Crippen molar-refractivity contribution < 1.29 is 9.53 Å². The SMILES string of the molecule is CCCOC(=O)C=CCN. The molecule has 0 aromatic heterocycles. The van der Waals surface area contributed by atoms with Crippen LogP contribution in [0.15, 0.2) is 12.2 Å². The van der Waals surface area contributed by atoms with E-state index in [1.807, 2.05) is 6.92 Å². The predicted molar refractivity (Wildman–Crippen MR) is 39.4 cm³/mol. The third-order valence-electron chi connectivity index (χ3n) is 0.838. The van der Waals surface area contributed by atoms with Crippen LogP contribution in [-0.2, 0) is 9.53 Å². The van der Waals surface area contributed by atoms with Gasteiger partial charge in [0.15, 0.2) is 0 Å². The Morgan fingerprint density at radius 3 is 2.90 bits per heavy atom. The molecular weight excluding hydrogens is 130 g/mol. The van der Waals surface area contributed by atoms with Gasteiger partial charge in [-0.15, -0.1) is 0 Å². The van der Waals surface area contributed by atoms with E-state index in [-0.39, 0.29) is 5.97 Å². The maximum absolute atomic E-state index is 10.6. The maximum Gasteiger partial charge on any atom is 0.330 e. The van der Waals surface area contributed by atoms with Gasteiger partial charge in [0.2, 0.25) is 0 Å². The maximum atomic E-state index is 10.6. The fraction of sp³-hybridized carbons (Fsp3) is 0.571. The van der Waals surface area contributed by atoms with Gasteiger partial charge in [-0.05, 0) is 6.42 Å². The second kappa shape index (κ2) is 6.29. The minimum Gasteiger partial charge on any atom is -0.463 e. The van der Waals surface area contributed by atoms with Crippen LogP contribution >= 0.6 is 0 Å². The summed E-state index contributed by atoms with van der Waals surface area (Å²) in [7, 11) is 0. The fourth-order valence-electron chi connectivity index (χ4n) is 0.415. The van der Waals surface area contributed by atoms with Gasteiger partial charge in [-0.1, -0.05) is 13.0 Å². The topological polar surface area (TPSA) is 52.3 Å². The molecule has 3 heteroatoms. The van der Waals surface area contributed by atoms with Gasteiger partial charge in [0.25, 0.3) is 0 Å². The molecule has 0 heterocycles. The summed E-state index contributed by atoms with van der Waals surface area (Å²) in [6.07, 6.45) is 3.76. The summed E-state index contributed by atoms with van der Waals surface area (Å²) < 4.78 is 4.71. The van der Waals surface area contributed by atoms with Crippen molar-refractivity contribution in [3.8, 4) is 0 Å². The number of esters is 1. The van der Waals surface area contributed by atoms with Crippen molar-refractivity contribution in [3.63, 3.8) is 0 Å². The van der Waals surface area contributed by atoms with Crippen LogP contribution in [0.3, 0.4) is 0 Å². The van der Waals surface area contributed by atoms with Gasteiger partial charge in [0, 0.05) is 12.6 Å². The van der Waals surface area contributed by atoms with Crippen molar-refractivity contribution in [2.75, 3.05) is 13.2 Å². The van der Waals surface area contributed by atoms with Gasteiger partial charge in [-0.2, -0.15) is 0 Å². The first-order chi connectivity index (χ1) is 4.81. The van der Waals surface area contributed by atoms with E-state index in [0.717, 1.165) is 6.42 Å². The highest BCUT2D eigenvalue weighted by Crippen LogP contribution is 1.83. The summed E-state index contributed by atoms with van der Waals surface area (Å²) in [5, 5.41) is 0. The Hall–Kier alpha value is -0.830. The fourth-order valence-corrected chi connectivity index (χ4v) is 0.415. The number of hydrogen-bond donors (Lipinski definition) is 1. The second-order valence-corrected chi connectivity index (χ2v) is 1.81. The monoisotopic (exact) mass is 143 g/mol. The van der Waals surface area contributed by atoms with Gasteiger partial charge in [-0.25, -0.2) is 4.79 Å². The van der Waals surface area contributed by atoms with Gasteiger partial charge < -0.3 is 10.5 Å². The summed E-state index contributed by atoms with van der Waals surface area (Å²) >= 11 is 0. The first-order valence-electron chi connectivity index (χ1n) is 3.34. The Kier molecular flexibility index (Phi) is 5.77. The van der Waals surface area contributed by atoms with E-state index in [4.69, 9.17) is 10.5 Å². The van der Waals surface area contributed by atoms with Crippen LogP contribution < -0.4 is 5.73 Å². The molecule has 0 spiro atoms. The van der Waals surface area contributed by atoms with Crippen LogP contribution in [0.2, 0.25) is 0 Å². The molecule has 0 atom stereocenters. The van der Waals surface area contributed by atoms with Crippen LogP contribution in [0.25, 0.3) is 0 Å². The summed E-state index contributed by atoms with van der Waals surface area (Å²) in [6, 6.07) is 0. The van der Waals surface area contributed by atoms with Crippen LogP contribution in [0.1, 0.15) is 13.3 Å². The normalized spacial score (nSPS) is 10.2. The van der Waals surface area contributed by atoms with Gasteiger partial charge in [0.05, 0.1) is 6.61 Å². The average Bonchev–Trinajstić information content (AvgIpc) is 1.97. The lowest BCUT2D eigenvalue weighted by Crippen LogP contribution is -2.02. The second-order valence-electron chi connectivity index (χ2n) is 1.81. The molecule has 3 nitrogen and oxygen atoms in total. The zero-order valence-electron chi connectivity index (χ0n) is 6.17. The molecule has 0 radical (unpaired) electrons. The van der Waals surface area contributed by atoms with Crippen LogP contribution in [0.5, 0.6) is 0 Å². The number of carbonyl (C=O) groups excluding carboxylic acids is 1. The molecule has 0 aliphatic heterocycles. The third kappa shape index (κ3) is 5.31. The van der Waals surface area contributed by atoms with E-state index in [1.54, 1.807) is 6.08 Å². The zero-order chi connectivity index (χ0) is 7.82. The van der Waals surface area contributed by atoms with Crippen molar-refractivity contribution in [2.24, 2.45) is 5.73 Å². The van der Waals surface area contributed by atoms with Crippen LogP contribution in [0.4, 0.5) is 0 Å². The molecule has 0 saturated heterocycles. The lowest BCUT2D eigenvalue weighted by atomic mass is 10.5. The molecule has 58 valence electrons. The van der Waals surface area contributed by atoms with Crippen molar-refractivity contribution in [1.82, 2.24) is 0 Å². The molecule has 0 bridgehead atoms. The van der Waals surface area contributed by atoms with Crippen molar-refractivity contribution >= 4 is 5.97 Å².